The second kappa shape index (κ2) is 6.96. The third-order valence-electron chi connectivity index (χ3n) is 3.96. The van der Waals surface area contributed by atoms with Crippen molar-refractivity contribution in [3.8, 4) is 11.5 Å². The molecule has 3 rings (SSSR count). The number of oxazole rings is 1. The van der Waals surface area contributed by atoms with Crippen LogP contribution in [-0.2, 0) is 0 Å². The van der Waals surface area contributed by atoms with Gasteiger partial charge in [0.15, 0.2) is 5.69 Å². The number of aromatic nitrogens is 1. The molecular formula is C18H22N2O3. The molecule has 1 aliphatic rings. The molecule has 1 fully saturated rings. The molecule has 2 N–H and O–H groups in total. The van der Waals surface area contributed by atoms with Crippen LogP contribution in [0.4, 0.5) is 0 Å². The van der Waals surface area contributed by atoms with Crippen molar-refractivity contribution in [2.75, 3.05) is 6.54 Å². The SMILES string of the molecule is CCCC(O)CNC(=O)c1nc(-c2ccccc2)oc1C1CC1. The Morgan fingerprint density at radius 1 is 1.39 bits per heavy atom. The first-order valence-electron chi connectivity index (χ1n) is 8.21. The van der Waals surface area contributed by atoms with Crippen LogP contribution in [0.2, 0.25) is 0 Å². The number of carbonyl (C=O) groups excluding carboxylic acids is 1. The Balaban J connectivity index is 1.78. The molecule has 1 atom stereocenters. The van der Waals surface area contributed by atoms with E-state index in [4.69, 9.17) is 4.42 Å². The van der Waals surface area contributed by atoms with Gasteiger partial charge >= 0.3 is 0 Å². The first-order chi connectivity index (χ1) is 11.2. The van der Waals surface area contributed by atoms with Crippen molar-refractivity contribution < 1.29 is 14.3 Å². The molecule has 122 valence electrons. The van der Waals surface area contributed by atoms with Crippen LogP contribution in [-0.4, -0.2) is 28.6 Å². The minimum absolute atomic E-state index is 0.240. The molecule has 0 aliphatic heterocycles. The van der Waals surface area contributed by atoms with Crippen LogP contribution in [0.1, 0.15) is 54.8 Å². The predicted molar refractivity (Wildman–Crippen MR) is 87.2 cm³/mol. The molecule has 0 spiro atoms. The summed E-state index contributed by atoms with van der Waals surface area (Å²) in [5.74, 6) is 1.17. The molecule has 1 saturated carbocycles. The lowest BCUT2D eigenvalue weighted by Gasteiger charge is -2.09. The molecular weight excluding hydrogens is 292 g/mol. The Morgan fingerprint density at radius 3 is 2.78 bits per heavy atom. The standard InChI is InChI=1S/C18H22N2O3/c1-2-6-14(21)11-19-17(22)15-16(12-9-10-12)23-18(20-15)13-7-4-3-5-8-13/h3-5,7-8,12,14,21H,2,6,9-11H2,1H3,(H,19,22). The summed E-state index contributed by atoms with van der Waals surface area (Å²) >= 11 is 0. The van der Waals surface area contributed by atoms with Crippen LogP contribution in [0.5, 0.6) is 0 Å². The highest BCUT2D eigenvalue weighted by atomic mass is 16.4. The van der Waals surface area contributed by atoms with Crippen molar-refractivity contribution in [2.24, 2.45) is 0 Å². The van der Waals surface area contributed by atoms with Gasteiger partial charge in [-0.25, -0.2) is 4.98 Å². The van der Waals surface area contributed by atoms with Gasteiger partial charge in [0.05, 0.1) is 6.10 Å². The normalized spacial score (nSPS) is 15.4. The average molecular weight is 314 g/mol. The fourth-order valence-corrected chi connectivity index (χ4v) is 2.55. The number of aliphatic hydroxyl groups is 1. The second-order valence-electron chi connectivity index (χ2n) is 6.02. The fraction of sp³-hybridized carbons (Fsp3) is 0.444. The van der Waals surface area contributed by atoms with Crippen molar-refractivity contribution in [1.82, 2.24) is 10.3 Å². The van der Waals surface area contributed by atoms with Gasteiger partial charge in [0.2, 0.25) is 5.89 Å². The number of carbonyl (C=O) groups is 1. The van der Waals surface area contributed by atoms with E-state index in [1.54, 1.807) is 0 Å². The highest BCUT2D eigenvalue weighted by molar-refractivity contribution is 5.94. The van der Waals surface area contributed by atoms with Crippen molar-refractivity contribution in [3.05, 3.63) is 41.8 Å². The number of amides is 1. The maximum Gasteiger partial charge on any atom is 0.273 e. The fourth-order valence-electron chi connectivity index (χ4n) is 2.55. The van der Waals surface area contributed by atoms with Gasteiger partial charge in [-0.15, -0.1) is 0 Å². The number of benzene rings is 1. The van der Waals surface area contributed by atoms with Crippen LogP contribution in [0.3, 0.4) is 0 Å². The monoisotopic (exact) mass is 314 g/mol. The summed E-state index contributed by atoms with van der Waals surface area (Å²) in [7, 11) is 0. The van der Waals surface area contributed by atoms with E-state index in [1.807, 2.05) is 37.3 Å². The molecule has 0 bridgehead atoms. The van der Waals surface area contributed by atoms with Crippen molar-refractivity contribution in [3.63, 3.8) is 0 Å². The second-order valence-corrected chi connectivity index (χ2v) is 6.02. The first kappa shape index (κ1) is 15.7. The van der Waals surface area contributed by atoms with E-state index >= 15 is 0 Å². The molecule has 1 aromatic carbocycles. The van der Waals surface area contributed by atoms with Crippen LogP contribution >= 0.6 is 0 Å². The van der Waals surface area contributed by atoms with Gasteiger partial charge in [-0.2, -0.15) is 0 Å². The summed E-state index contributed by atoms with van der Waals surface area (Å²) in [6.45, 7) is 2.24. The Hall–Kier alpha value is -2.14. The predicted octanol–water partition coefficient (Wildman–Crippen LogP) is 3.11. The van der Waals surface area contributed by atoms with Crippen molar-refractivity contribution >= 4 is 5.91 Å². The third-order valence-corrected chi connectivity index (χ3v) is 3.96. The Morgan fingerprint density at radius 2 is 2.13 bits per heavy atom. The van der Waals surface area contributed by atoms with E-state index in [-0.39, 0.29) is 12.5 Å². The number of rotatable bonds is 7. The molecule has 1 aromatic heterocycles. The largest absolute Gasteiger partial charge is 0.440 e. The quantitative estimate of drug-likeness (QED) is 0.823. The summed E-state index contributed by atoms with van der Waals surface area (Å²) in [4.78, 5) is 16.8. The number of hydrogen-bond donors (Lipinski definition) is 2. The molecule has 1 amide bonds. The number of nitrogens with one attached hydrogen (secondary N) is 1. The van der Waals surface area contributed by atoms with Gasteiger partial charge < -0.3 is 14.8 Å². The first-order valence-corrected chi connectivity index (χ1v) is 8.21. The van der Waals surface area contributed by atoms with Gasteiger partial charge in [0.25, 0.3) is 5.91 Å². The Labute approximate surface area is 135 Å². The topological polar surface area (TPSA) is 75.4 Å². The lowest BCUT2D eigenvalue weighted by Crippen LogP contribution is -2.32. The van der Waals surface area contributed by atoms with E-state index in [1.165, 1.54) is 0 Å². The van der Waals surface area contributed by atoms with Crippen LogP contribution in [0.25, 0.3) is 11.5 Å². The van der Waals surface area contributed by atoms with E-state index in [2.05, 4.69) is 10.3 Å². The maximum absolute atomic E-state index is 12.4. The molecule has 5 nitrogen and oxygen atoms in total. The zero-order chi connectivity index (χ0) is 16.2. The van der Waals surface area contributed by atoms with Crippen molar-refractivity contribution in [2.45, 2.75) is 44.6 Å². The highest BCUT2D eigenvalue weighted by Crippen LogP contribution is 2.43. The van der Waals surface area contributed by atoms with Crippen LogP contribution in [0, 0.1) is 0 Å². The van der Waals surface area contributed by atoms with Gasteiger partial charge in [-0.1, -0.05) is 31.5 Å². The third kappa shape index (κ3) is 3.79. The zero-order valence-corrected chi connectivity index (χ0v) is 13.3. The number of hydrogen-bond acceptors (Lipinski definition) is 4. The number of nitrogens with zero attached hydrogens (tertiary/aromatic N) is 1. The van der Waals surface area contributed by atoms with Gasteiger partial charge in [0.1, 0.15) is 5.76 Å². The highest BCUT2D eigenvalue weighted by Gasteiger charge is 2.34. The van der Waals surface area contributed by atoms with Gasteiger partial charge in [0, 0.05) is 18.0 Å². The van der Waals surface area contributed by atoms with E-state index in [9.17, 15) is 9.90 Å². The minimum atomic E-state index is -0.520. The summed E-state index contributed by atoms with van der Waals surface area (Å²) in [5.41, 5.74) is 1.22. The molecule has 1 aliphatic carbocycles. The molecule has 2 aromatic rings. The van der Waals surface area contributed by atoms with Gasteiger partial charge in [-0.05, 0) is 31.4 Å². The zero-order valence-electron chi connectivity index (χ0n) is 13.3. The Kier molecular flexibility index (Phi) is 4.76. The van der Waals surface area contributed by atoms with Gasteiger partial charge in [-0.3, -0.25) is 4.79 Å². The molecule has 1 unspecified atom stereocenters. The lowest BCUT2D eigenvalue weighted by molar-refractivity contribution is 0.0904. The smallest absolute Gasteiger partial charge is 0.273 e. The minimum Gasteiger partial charge on any atom is -0.440 e. The average Bonchev–Trinajstić information content (AvgIpc) is 3.32. The van der Waals surface area contributed by atoms with E-state index in [0.29, 0.717) is 29.7 Å². The molecule has 1 heterocycles. The van der Waals surface area contributed by atoms with E-state index in [0.717, 1.165) is 24.8 Å². The summed E-state index contributed by atoms with van der Waals surface area (Å²) in [5, 5.41) is 12.5. The van der Waals surface area contributed by atoms with E-state index < -0.39 is 6.10 Å². The summed E-state index contributed by atoms with van der Waals surface area (Å²) < 4.78 is 5.87. The molecule has 5 heteroatoms. The number of aliphatic hydroxyl groups excluding tert-OH is 1. The maximum atomic E-state index is 12.4. The van der Waals surface area contributed by atoms with Crippen molar-refractivity contribution in [1.29, 1.82) is 0 Å². The molecule has 0 radical (unpaired) electrons. The Bertz CT molecular complexity index is 662. The van der Waals surface area contributed by atoms with Crippen LogP contribution in [0.15, 0.2) is 34.7 Å². The summed E-state index contributed by atoms with van der Waals surface area (Å²) in [6.07, 6.45) is 3.09. The van der Waals surface area contributed by atoms with Crippen LogP contribution < -0.4 is 5.32 Å². The molecule has 23 heavy (non-hydrogen) atoms. The summed E-state index contributed by atoms with van der Waals surface area (Å²) in [6, 6.07) is 9.58. The molecule has 0 saturated heterocycles. The lowest BCUT2D eigenvalue weighted by atomic mass is 10.2.